The van der Waals surface area contributed by atoms with Gasteiger partial charge in [0, 0.05) is 31.2 Å². The van der Waals surface area contributed by atoms with Crippen LogP contribution in [-0.2, 0) is 9.53 Å². The van der Waals surface area contributed by atoms with E-state index in [2.05, 4.69) is 0 Å². The van der Waals surface area contributed by atoms with Crippen LogP contribution in [0.4, 0.5) is 10.5 Å². The van der Waals surface area contributed by atoms with Crippen molar-refractivity contribution < 1.29 is 24.5 Å². The fraction of sp³-hybridized carbons (Fsp3) is 0.438. The molecule has 1 aromatic carbocycles. The number of carbonyl (C=O) groups excluding carboxylic acids is 1. The van der Waals surface area contributed by atoms with E-state index in [4.69, 9.17) is 15.1 Å². The SMILES string of the molecule is N#Cc1ccc(N2CC(CN3CC(C(O)C(=O)O)C3)OC2=O)cc1. The first-order valence-corrected chi connectivity index (χ1v) is 7.59. The number of ether oxygens (including phenoxy) is 1. The second-order valence-corrected chi connectivity index (χ2v) is 6.04. The maximum Gasteiger partial charge on any atom is 0.414 e. The van der Waals surface area contributed by atoms with Gasteiger partial charge in [0.1, 0.15) is 6.10 Å². The van der Waals surface area contributed by atoms with Gasteiger partial charge in [0.2, 0.25) is 0 Å². The second kappa shape index (κ2) is 6.47. The van der Waals surface area contributed by atoms with Crippen molar-refractivity contribution in [1.82, 2.24) is 4.90 Å². The standard InChI is InChI=1S/C16H17N3O5/c17-5-10-1-3-12(4-2-10)19-9-13(24-16(19)23)8-18-6-11(7-18)14(20)15(21)22/h1-4,11,13-14,20H,6-9H2,(H,21,22). The molecule has 0 aromatic heterocycles. The number of nitriles is 1. The van der Waals surface area contributed by atoms with Gasteiger partial charge < -0.3 is 14.9 Å². The molecule has 2 unspecified atom stereocenters. The normalized spacial score (nSPS) is 22.6. The molecule has 2 N–H and O–H groups in total. The number of benzene rings is 1. The number of carboxylic acid groups (broad SMARTS) is 1. The van der Waals surface area contributed by atoms with E-state index in [1.54, 1.807) is 24.3 Å². The molecule has 1 aromatic rings. The highest BCUT2D eigenvalue weighted by Crippen LogP contribution is 2.25. The lowest BCUT2D eigenvalue weighted by Gasteiger charge is -2.41. The number of carboxylic acids is 1. The third-order valence-electron chi connectivity index (χ3n) is 4.33. The third-order valence-corrected chi connectivity index (χ3v) is 4.33. The summed E-state index contributed by atoms with van der Waals surface area (Å²) in [5.74, 6) is -1.49. The summed E-state index contributed by atoms with van der Waals surface area (Å²) in [4.78, 5) is 26.2. The molecule has 2 aliphatic rings. The largest absolute Gasteiger partial charge is 0.479 e. The minimum Gasteiger partial charge on any atom is -0.479 e. The molecule has 126 valence electrons. The van der Waals surface area contributed by atoms with E-state index in [-0.39, 0.29) is 12.0 Å². The summed E-state index contributed by atoms with van der Waals surface area (Å²) in [6, 6.07) is 8.71. The van der Waals surface area contributed by atoms with E-state index in [0.29, 0.717) is 37.4 Å². The lowest BCUT2D eigenvalue weighted by atomic mass is 9.93. The van der Waals surface area contributed by atoms with Gasteiger partial charge in [-0.1, -0.05) is 0 Å². The maximum atomic E-state index is 12.0. The zero-order valence-corrected chi connectivity index (χ0v) is 12.8. The lowest BCUT2D eigenvalue weighted by molar-refractivity contribution is -0.154. The van der Waals surface area contributed by atoms with E-state index in [1.807, 2.05) is 11.0 Å². The highest BCUT2D eigenvalue weighted by Gasteiger charge is 2.40. The van der Waals surface area contributed by atoms with Crippen molar-refractivity contribution in [3.8, 4) is 6.07 Å². The zero-order chi connectivity index (χ0) is 17.3. The Bertz CT molecular complexity index is 678. The summed E-state index contributed by atoms with van der Waals surface area (Å²) in [6.45, 7) is 1.84. The molecule has 2 saturated heterocycles. The van der Waals surface area contributed by atoms with Crippen LogP contribution in [0, 0.1) is 17.2 Å². The second-order valence-electron chi connectivity index (χ2n) is 6.04. The highest BCUT2D eigenvalue weighted by molar-refractivity contribution is 5.89. The van der Waals surface area contributed by atoms with Crippen LogP contribution < -0.4 is 4.90 Å². The quantitative estimate of drug-likeness (QED) is 0.795. The summed E-state index contributed by atoms with van der Waals surface area (Å²) in [6.07, 6.45) is -2.09. The number of carbonyl (C=O) groups is 2. The van der Waals surface area contributed by atoms with Crippen LogP contribution in [-0.4, -0.2) is 65.6 Å². The molecule has 8 heteroatoms. The van der Waals surface area contributed by atoms with Gasteiger partial charge in [-0.25, -0.2) is 9.59 Å². The molecule has 2 atom stereocenters. The van der Waals surface area contributed by atoms with Gasteiger partial charge in [-0.05, 0) is 24.3 Å². The van der Waals surface area contributed by atoms with Gasteiger partial charge in [0.15, 0.2) is 6.10 Å². The predicted octanol–water partition coefficient (Wildman–Crippen LogP) is 0.261. The minimum absolute atomic E-state index is 0.283. The van der Waals surface area contributed by atoms with E-state index >= 15 is 0 Å². The lowest BCUT2D eigenvalue weighted by Crippen LogP contribution is -2.55. The van der Waals surface area contributed by atoms with Crippen molar-refractivity contribution in [3.05, 3.63) is 29.8 Å². The molecule has 0 spiro atoms. The van der Waals surface area contributed by atoms with Crippen molar-refractivity contribution in [2.75, 3.05) is 31.1 Å². The summed E-state index contributed by atoms with van der Waals surface area (Å²) >= 11 is 0. The average molecular weight is 331 g/mol. The Morgan fingerprint density at radius 1 is 1.33 bits per heavy atom. The maximum absolute atomic E-state index is 12.0. The van der Waals surface area contributed by atoms with Gasteiger partial charge in [-0.3, -0.25) is 9.80 Å². The zero-order valence-electron chi connectivity index (χ0n) is 12.8. The van der Waals surface area contributed by atoms with Crippen molar-refractivity contribution in [2.24, 2.45) is 5.92 Å². The van der Waals surface area contributed by atoms with Crippen molar-refractivity contribution in [3.63, 3.8) is 0 Å². The summed E-state index contributed by atoms with van der Waals surface area (Å²) < 4.78 is 5.34. The number of likely N-dealkylation sites (tertiary alicyclic amines) is 1. The Balaban J connectivity index is 1.52. The van der Waals surface area contributed by atoms with Crippen LogP contribution in [0.15, 0.2) is 24.3 Å². The van der Waals surface area contributed by atoms with Crippen LogP contribution >= 0.6 is 0 Å². The van der Waals surface area contributed by atoms with Crippen LogP contribution in [0.2, 0.25) is 0 Å². The molecule has 0 radical (unpaired) electrons. The number of aliphatic hydroxyl groups is 1. The molecule has 2 aliphatic heterocycles. The molecular weight excluding hydrogens is 314 g/mol. The van der Waals surface area contributed by atoms with Crippen LogP contribution in [0.1, 0.15) is 5.56 Å². The molecule has 0 aliphatic carbocycles. The van der Waals surface area contributed by atoms with E-state index in [9.17, 15) is 14.7 Å². The average Bonchev–Trinajstić information content (AvgIpc) is 2.90. The Kier molecular flexibility index (Phi) is 4.38. The molecule has 0 saturated carbocycles. The monoisotopic (exact) mass is 331 g/mol. The first-order valence-electron chi connectivity index (χ1n) is 7.59. The number of nitrogens with zero attached hydrogens (tertiary/aromatic N) is 3. The molecule has 24 heavy (non-hydrogen) atoms. The number of rotatable bonds is 5. The summed E-state index contributed by atoms with van der Waals surface area (Å²) in [5, 5.41) is 27.0. The number of amides is 1. The smallest absolute Gasteiger partial charge is 0.414 e. The molecule has 2 fully saturated rings. The number of aliphatic carboxylic acids is 1. The Morgan fingerprint density at radius 3 is 2.58 bits per heavy atom. The van der Waals surface area contributed by atoms with E-state index < -0.39 is 18.2 Å². The van der Waals surface area contributed by atoms with Gasteiger partial charge in [-0.2, -0.15) is 5.26 Å². The van der Waals surface area contributed by atoms with Crippen LogP contribution in [0.25, 0.3) is 0 Å². The number of cyclic esters (lactones) is 1. The van der Waals surface area contributed by atoms with Gasteiger partial charge >= 0.3 is 12.1 Å². The van der Waals surface area contributed by atoms with Crippen molar-refractivity contribution in [1.29, 1.82) is 5.26 Å². The van der Waals surface area contributed by atoms with Crippen LogP contribution in [0.5, 0.6) is 0 Å². The molecule has 2 heterocycles. The predicted molar refractivity (Wildman–Crippen MR) is 82.3 cm³/mol. The molecule has 1 amide bonds. The Hall–Kier alpha value is -2.63. The third kappa shape index (κ3) is 3.18. The van der Waals surface area contributed by atoms with E-state index in [0.717, 1.165) is 0 Å². The van der Waals surface area contributed by atoms with Crippen molar-refractivity contribution >= 4 is 17.7 Å². The van der Waals surface area contributed by atoms with Gasteiger partial charge in [0.05, 0.1) is 18.2 Å². The number of hydrogen-bond donors (Lipinski definition) is 2. The molecule has 3 rings (SSSR count). The van der Waals surface area contributed by atoms with E-state index in [1.165, 1.54) is 4.90 Å². The Labute approximate surface area is 138 Å². The highest BCUT2D eigenvalue weighted by atomic mass is 16.6. The first kappa shape index (κ1) is 16.2. The molecule has 8 nitrogen and oxygen atoms in total. The molecular formula is C16H17N3O5. The van der Waals surface area contributed by atoms with Gasteiger partial charge in [-0.15, -0.1) is 0 Å². The number of hydrogen-bond acceptors (Lipinski definition) is 6. The Morgan fingerprint density at radius 2 is 2.00 bits per heavy atom. The number of anilines is 1. The fourth-order valence-corrected chi connectivity index (χ4v) is 2.99. The first-order chi connectivity index (χ1) is 11.5. The summed E-state index contributed by atoms with van der Waals surface area (Å²) in [7, 11) is 0. The van der Waals surface area contributed by atoms with Gasteiger partial charge in [0.25, 0.3) is 0 Å². The van der Waals surface area contributed by atoms with Crippen molar-refractivity contribution in [2.45, 2.75) is 12.2 Å². The topological polar surface area (TPSA) is 114 Å². The molecule has 0 bridgehead atoms. The van der Waals surface area contributed by atoms with Crippen LogP contribution in [0.3, 0.4) is 0 Å². The minimum atomic E-state index is -1.34. The summed E-state index contributed by atoms with van der Waals surface area (Å²) in [5.41, 5.74) is 1.19. The number of aliphatic hydroxyl groups excluding tert-OH is 1. The fourth-order valence-electron chi connectivity index (χ4n) is 2.99.